The Hall–Kier alpha value is -3.21. The average molecular weight is 406 g/mol. The van der Waals surface area contributed by atoms with Crippen molar-refractivity contribution in [2.24, 2.45) is 0 Å². The lowest BCUT2D eigenvalue weighted by molar-refractivity contribution is 0.297. The summed E-state index contributed by atoms with van der Waals surface area (Å²) in [6.07, 6.45) is 5.12. The monoisotopic (exact) mass is 406 g/mol. The average Bonchev–Trinajstić information content (AvgIpc) is 2.98. The zero-order chi connectivity index (χ0) is 21.1. The Balaban J connectivity index is 1.75. The largest absolute Gasteiger partial charge is 0.490 e. The molecule has 0 spiro atoms. The zero-order valence-electron chi connectivity index (χ0n) is 17.6. The maximum atomic E-state index is 13.3. The van der Waals surface area contributed by atoms with Gasteiger partial charge in [-0.1, -0.05) is 18.6 Å². The first-order chi connectivity index (χ1) is 14.6. The van der Waals surface area contributed by atoms with E-state index >= 15 is 0 Å². The van der Waals surface area contributed by atoms with E-state index in [2.05, 4.69) is 0 Å². The van der Waals surface area contributed by atoms with Gasteiger partial charge in [0.2, 0.25) is 5.43 Å². The number of rotatable bonds is 5. The highest BCUT2D eigenvalue weighted by Gasteiger charge is 2.16. The van der Waals surface area contributed by atoms with Crippen molar-refractivity contribution in [1.29, 1.82) is 0 Å². The van der Waals surface area contributed by atoms with E-state index < -0.39 is 0 Å². The van der Waals surface area contributed by atoms with Crippen molar-refractivity contribution in [3.8, 4) is 28.4 Å². The molecule has 156 valence electrons. The molecule has 5 nitrogen and oxygen atoms in total. The topological polar surface area (TPSA) is 57.9 Å². The molecule has 0 amide bonds. The van der Waals surface area contributed by atoms with Gasteiger partial charge in [-0.25, -0.2) is 0 Å². The number of benzene rings is 2. The summed E-state index contributed by atoms with van der Waals surface area (Å²) in [7, 11) is 0. The van der Waals surface area contributed by atoms with E-state index in [-0.39, 0.29) is 5.43 Å². The first-order valence-corrected chi connectivity index (χ1v) is 10.3. The molecule has 0 fully saturated rings. The van der Waals surface area contributed by atoms with Gasteiger partial charge in [0, 0.05) is 12.5 Å². The lowest BCUT2D eigenvalue weighted by atomic mass is 10.0. The summed E-state index contributed by atoms with van der Waals surface area (Å²) in [5.74, 6) is 2.10. The summed E-state index contributed by atoms with van der Waals surface area (Å²) in [6, 6.07) is 9.24. The molecule has 1 aliphatic rings. The van der Waals surface area contributed by atoms with Crippen LogP contribution < -0.4 is 19.6 Å². The molecule has 4 rings (SSSR count). The van der Waals surface area contributed by atoms with E-state index in [1.807, 2.05) is 57.2 Å². The van der Waals surface area contributed by atoms with Gasteiger partial charge >= 0.3 is 0 Å². The van der Waals surface area contributed by atoms with Gasteiger partial charge in [-0.05, 0) is 55.7 Å². The fourth-order valence-electron chi connectivity index (χ4n) is 3.44. The van der Waals surface area contributed by atoms with E-state index in [1.165, 1.54) is 11.8 Å². The summed E-state index contributed by atoms with van der Waals surface area (Å²) in [4.78, 5) is 13.3. The number of fused-ring (bicyclic) bond motifs is 2. The van der Waals surface area contributed by atoms with E-state index in [0.29, 0.717) is 47.9 Å². The molecule has 5 heteroatoms. The fourth-order valence-corrected chi connectivity index (χ4v) is 3.44. The third kappa shape index (κ3) is 4.06. The van der Waals surface area contributed by atoms with Crippen LogP contribution in [0.3, 0.4) is 0 Å². The first kappa shape index (κ1) is 20.1. The van der Waals surface area contributed by atoms with Crippen LogP contribution in [0.1, 0.15) is 32.8 Å². The van der Waals surface area contributed by atoms with Crippen LogP contribution in [0.4, 0.5) is 0 Å². The van der Waals surface area contributed by atoms with Crippen LogP contribution in [0.5, 0.6) is 17.2 Å². The normalized spacial score (nSPS) is 13.0. The van der Waals surface area contributed by atoms with Gasteiger partial charge in [-0.3, -0.25) is 4.79 Å². The Labute approximate surface area is 175 Å². The zero-order valence-corrected chi connectivity index (χ0v) is 17.6. The predicted molar refractivity (Wildman–Crippen MR) is 118 cm³/mol. The Morgan fingerprint density at radius 2 is 1.90 bits per heavy atom. The van der Waals surface area contributed by atoms with Gasteiger partial charge in [0.15, 0.2) is 11.5 Å². The van der Waals surface area contributed by atoms with Crippen LogP contribution in [0.15, 0.2) is 57.5 Å². The van der Waals surface area contributed by atoms with Gasteiger partial charge in [-0.15, -0.1) is 0 Å². The van der Waals surface area contributed by atoms with Crippen LogP contribution in [0.25, 0.3) is 22.1 Å². The number of hydrogen-bond donors (Lipinski definition) is 0. The number of ether oxygens (including phenoxy) is 3. The molecule has 1 aromatic heterocycles. The number of allylic oxidation sites excluding steroid dienone is 1. The molecule has 0 aliphatic carbocycles. The second kappa shape index (κ2) is 8.66. The third-order valence-electron chi connectivity index (χ3n) is 5.13. The fraction of sp³-hybridized carbons (Fsp3) is 0.320. The summed E-state index contributed by atoms with van der Waals surface area (Å²) in [5, 5.41) is 0.547. The van der Waals surface area contributed by atoms with Gasteiger partial charge in [0.05, 0.1) is 24.2 Å². The number of aryl methyl sites for hydroxylation is 1. The standard InChI is InChI=1S/C25H26O5/c1-4-17-12-19-23(14-22(17)29-11-8-16(2)3)30-15-20(25(19)26)18-6-7-21-24(13-18)28-10-5-9-27-21/h6-8,12-15H,4-5,9-11H2,1-3H3. The molecule has 0 saturated heterocycles. The highest BCUT2D eigenvalue weighted by atomic mass is 16.5. The summed E-state index contributed by atoms with van der Waals surface area (Å²) < 4.78 is 23.2. The minimum Gasteiger partial charge on any atom is -0.490 e. The molecule has 3 aromatic rings. The van der Waals surface area contributed by atoms with Gasteiger partial charge in [0.25, 0.3) is 0 Å². The first-order valence-electron chi connectivity index (χ1n) is 10.3. The van der Waals surface area contributed by atoms with Crippen molar-refractivity contribution in [2.45, 2.75) is 33.6 Å². The van der Waals surface area contributed by atoms with Crippen LogP contribution in [-0.2, 0) is 6.42 Å². The Morgan fingerprint density at radius 3 is 2.67 bits per heavy atom. The van der Waals surface area contributed by atoms with E-state index in [9.17, 15) is 4.79 Å². The number of hydrogen-bond acceptors (Lipinski definition) is 5. The van der Waals surface area contributed by atoms with Crippen molar-refractivity contribution >= 4 is 11.0 Å². The van der Waals surface area contributed by atoms with E-state index in [1.54, 1.807) is 0 Å². The molecule has 2 aromatic carbocycles. The molecule has 30 heavy (non-hydrogen) atoms. The minimum absolute atomic E-state index is 0.0729. The summed E-state index contributed by atoms with van der Waals surface area (Å²) in [5.41, 5.74) is 3.86. The van der Waals surface area contributed by atoms with Crippen molar-refractivity contribution in [1.82, 2.24) is 0 Å². The van der Waals surface area contributed by atoms with Crippen molar-refractivity contribution in [3.05, 3.63) is 64.0 Å². The van der Waals surface area contributed by atoms with Crippen molar-refractivity contribution < 1.29 is 18.6 Å². The molecule has 0 atom stereocenters. The van der Waals surface area contributed by atoms with Crippen LogP contribution in [-0.4, -0.2) is 19.8 Å². The van der Waals surface area contributed by atoms with Gasteiger partial charge in [0.1, 0.15) is 24.2 Å². The second-order valence-electron chi connectivity index (χ2n) is 7.59. The quantitative estimate of drug-likeness (QED) is 0.522. The molecule has 0 N–H and O–H groups in total. The molecule has 0 bridgehead atoms. The molecule has 0 unspecified atom stereocenters. The van der Waals surface area contributed by atoms with Gasteiger partial charge in [-0.2, -0.15) is 0 Å². The molecular formula is C25H26O5. The van der Waals surface area contributed by atoms with Gasteiger partial charge < -0.3 is 18.6 Å². The summed E-state index contributed by atoms with van der Waals surface area (Å²) >= 11 is 0. The van der Waals surface area contributed by atoms with Crippen LogP contribution in [0, 0.1) is 0 Å². The van der Waals surface area contributed by atoms with Crippen LogP contribution in [0.2, 0.25) is 0 Å². The molecule has 1 aliphatic heterocycles. The van der Waals surface area contributed by atoms with Crippen molar-refractivity contribution in [3.63, 3.8) is 0 Å². The predicted octanol–water partition coefficient (Wildman–Crippen LogP) is 5.53. The highest BCUT2D eigenvalue weighted by Crippen LogP contribution is 2.34. The lowest BCUT2D eigenvalue weighted by Crippen LogP contribution is -2.07. The Bertz CT molecular complexity index is 1150. The highest BCUT2D eigenvalue weighted by molar-refractivity contribution is 5.84. The molecule has 0 radical (unpaired) electrons. The maximum absolute atomic E-state index is 13.3. The Morgan fingerprint density at radius 1 is 1.10 bits per heavy atom. The lowest BCUT2D eigenvalue weighted by Gasteiger charge is -2.12. The third-order valence-corrected chi connectivity index (χ3v) is 5.13. The SMILES string of the molecule is CCc1cc2c(=O)c(-c3ccc4c(c3)OCCCO4)coc2cc1OCC=C(C)C. The maximum Gasteiger partial charge on any atom is 0.200 e. The van der Waals surface area contributed by atoms with E-state index in [0.717, 1.165) is 29.7 Å². The smallest absolute Gasteiger partial charge is 0.200 e. The minimum atomic E-state index is -0.0729. The van der Waals surface area contributed by atoms with Crippen LogP contribution >= 0.6 is 0 Å². The second-order valence-corrected chi connectivity index (χ2v) is 7.59. The molecular weight excluding hydrogens is 380 g/mol. The molecule has 0 saturated carbocycles. The van der Waals surface area contributed by atoms with Crippen molar-refractivity contribution in [2.75, 3.05) is 19.8 Å². The summed E-state index contributed by atoms with van der Waals surface area (Å²) in [6.45, 7) is 7.82. The molecule has 2 heterocycles. The Kier molecular flexibility index (Phi) is 5.79. The van der Waals surface area contributed by atoms with E-state index in [4.69, 9.17) is 18.6 Å².